The fraction of sp³-hybridized carbons (Fsp3) is 0.370. The van der Waals surface area contributed by atoms with Gasteiger partial charge < -0.3 is 14.8 Å². The smallest absolute Gasteiger partial charge is 0.253 e. The van der Waals surface area contributed by atoms with Gasteiger partial charge in [0.15, 0.2) is 0 Å². The molecular weight excluding hydrogens is 462 g/mol. The first-order valence-corrected chi connectivity index (χ1v) is 12.7. The largest absolute Gasteiger partial charge is 0.357 e. The van der Waals surface area contributed by atoms with Crippen molar-refractivity contribution in [2.24, 2.45) is 13.0 Å². The van der Waals surface area contributed by atoms with Gasteiger partial charge in [-0.2, -0.15) is 5.10 Å². The lowest BCUT2D eigenvalue weighted by atomic mass is 9.83. The molecule has 7 nitrogen and oxygen atoms in total. The van der Waals surface area contributed by atoms with E-state index in [4.69, 9.17) is 11.6 Å². The Labute approximate surface area is 207 Å². The van der Waals surface area contributed by atoms with Crippen LogP contribution < -0.4 is 0 Å². The Morgan fingerprint density at radius 1 is 1.11 bits per heavy atom. The summed E-state index contributed by atoms with van der Waals surface area (Å²) in [4.78, 5) is 34.4. The number of likely N-dealkylation sites (tertiary alicyclic amines) is 2. The zero-order valence-corrected chi connectivity index (χ0v) is 20.3. The fourth-order valence-corrected chi connectivity index (χ4v) is 6.59. The van der Waals surface area contributed by atoms with E-state index in [1.807, 2.05) is 57.9 Å². The SMILES string of the molecule is Cn1ncc2cc(C(=O)N3C[C@H]4CN(C(=O)[C@@H]5CCCc6c5[nH]c5ccc(Cl)cc65)[C@H]4C3)ccc21. The van der Waals surface area contributed by atoms with Crippen molar-refractivity contribution in [2.45, 2.75) is 31.2 Å². The van der Waals surface area contributed by atoms with Crippen LogP contribution in [0.15, 0.2) is 42.6 Å². The zero-order chi connectivity index (χ0) is 23.8. The average Bonchev–Trinajstić information content (AvgIpc) is 3.52. The van der Waals surface area contributed by atoms with Crippen molar-refractivity contribution in [3.8, 4) is 0 Å². The van der Waals surface area contributed by atoms with Gasteiger partial charge in [0.1, 0.15) is 0 Å². The number of hydrogen-bond acceptors (Lipinski definition) is 3. The number of carbonyl (C=O) groups is 2. The summed E-state index contributed by atoms with van der Waals surface area (Å²) in [6, 6.07) is 11.7. The van der Waals surface area contributed by atoms with Crippen LogP contribution in [0.3, 0.4) is 0 Å². The second-order valence-corrected chi connectivity index (χ2v) is 10.7. The van der Waals surface area contributed by atoms with Crippen LogP contribution >= 0.6 is 11.6 Å². The van der Waals surface area contributed by atoms with Crippen LogP contribution in [0.5, 0.6) is 0 Å². The van der Waals surface area contributed by atoms with Crippen LogP contribution in [0.4, 0.5) is 0 Å². The van der Waals surface area contributed by atoms with Crippen molar-refractivity contribution >= 4 is 45.2 Å². The second kappa shape index (κ2) is 7.59. The summed E-state index contributed by atoms with van der Waals surface area (Å²) in [6.07, 6.45) is 4.60. The molecule has 2 amide bonds. The molecule has 2 aromatic carbocycles. The van der Waals surface area contributed by atoms with Crippen molar-refractivity contribution in [1.29, 1.82) is 0 Å². The van der Waals surface area contributed by atoms with Gasteiger partial charge in [0.05, 0.1) is 23.7 Å². The van der Waals surface area contributed by atoms with E-state index in [0.29, 0.717) is 24.6 Å². The van der Waals surface area contributed by atoms with Crippen molar-refractivity contribution < 1.29 is 9.59 Å². The molecule has 0 unspecified atom stereocenters. The minimum atomic E-state index is -0.149. The number of aromatic amines is 1. The predicted molar refractivity (Wildman–Crippen MR) is 135 cm³/mol. The molecule has 3 atom stereocenters. The van der Waals surface area contributed by atoms with Crippen LogP contribution in [-0.4, -0.2) is 62.1 Å². The number of nitrogens with zero attached hydrogens (tertiary/aromatic N) is 4. The Balaban J connectivity index is 1.10. The second-order valence-electron chi connectivity index (χ2n) is 10.2. The number of hydrogen-bond donors (Lipinski definition) is 1. The van der Waals surface area contributed by atoms with Gasteiger partial charge >= 0.3 is 0 Å². The van der Waals surface area contributed by atoms with Crippen molar-refractivity contribution in [3.63, 3.8) is 0 Å². The highest BCUT2D eigenvalue weighted by molar-refractivity contribution is 6.31. The first-order chi connectivity index (χ1) is 17.0. The standard InChI is InChI=1S/C27H26ClN5O2/c1-31-23-8-5-15(9-16(23)11-29-31)26(34)32-12-17-13-33(24(17)14-32)27(35)20-4-2-3-19-21-10-18(28)6-7-22(21)30-25(19)20/h5-11,17,20,24,30H,2-4,12-14H2,1H3/t17-,20+,24-/m0/s1. The quantitative estimate of drug-likeness (QED) is 0.462. The number of benzene rings is 2. The third-order valence-corrected chi connectivity index (χ3v) is 8.50. The first-order valence-electron chi connectivity index (χ1n) is 12.3. The highest BCUT2D eigenvalue weighted by Crippen LogP contribution is 2.41. The molecule has 4 heterocycles. The molecule has 0 saturated carbocycles. The van der Waals surface area contributed by atoms with Gasteiger partial charge in [-0.25, -0.2) is 0 Å². The van der Waals surface area contributed by atoms with Gasteiger partial charge in [0.2, 0.25) is 5.91 Å². The summed E-state index contributed by atoms with van der Waals surface area (Å²) >= 11 is 6.25. The minimum absolute atomic E-state index is 0.0324. The maximum absolute atomic E-state index is 13.7. The van der Waals surface area contributed by atoms with Crippen LogP contribution in [0, 0.1) is 5.92 Å². The van der Waals surface area contributed by atoms with Crippen LogP contribution in [0.2, 0.25) is 5.02 Å². The Bertz CT molecular complexity index is 1520. The molecule has 2 saturated heterocycles. The van der Waals surface area contributed by atoms with Crippen molar-refractivity contribution in [3.05, 3.63) is 64.4 Å². The highest BCUT2D eigenvalue weighted by Gasteiger charge is 2.50. The van der Waals surface area contributed by atoms with Gasteiger partial charge in [0, 0.05) is 65.2 Å². The summed E-state index contributed by atoms with van der Waals surface area (Å²) < 4.78 is 1.81. The summed E-state index contributed by atoms with van der Waals surface area (Å²) in [5, 5.41) is 7.09. The number of rotatable bonds is 2. The lowest BCUT2D eigenvalue weighted by Gasteiger charge is -2.45. The maximum Gasteiger partial charge on any atom is 0.253 e. The van der Waals surface area contributed by atoms with E-state index in [2.05, 4.69) is 10.1 Å². The molecule has 1 N–H and O–H groups in total. The summed E-state index contributed by atoms with van der Waals surface area (Å²) in [7, 11) is 1.90. The molecule has 0 spiro atoms. The number of aromatic nitrogens is 3. The monoisotopic (exact) mass is 487 g/mol. The van der Waals surface area contributed by atoms with Crippen LogP contribution in [0.1, 0.15) is 40.4 Å². The summed E-state index contributed by atoms with van der Waals surface area (Å²) in [6.45, 7) is 2.04. The predicted octanol–water partition coefficient (Wildman–Crippen LogP) is 4.11. The molecule has 35 heavy (non-hydrogen) atoms. The number of halogens is 1. The number of amides is 2. The molecule has 4 aromatic rings. The zero-order valence-electron chi connectivity index (χ0n) is 19.5. The Kier molecular flexibility index (Phi) is 4.55. The van der Waals surface area contributed by atoms with Crippen LogP contribution in [-0.2, 0) is 18.3 Å². The number of H-pyrrole nitrogens is 1. The third-order valence-electron chi connectivity index (χ3n) is 8.27. The fourth-order valence-electron chi connectivity index (χ4n) is 6.42. The van der Waals surface area contributed by atoms with E-state index < -0.39 is 0 Å². The molecule has 2 aromatic heterocycles. The molecule has 7 rings (SSSR count). The lowest BCUT2D eigenvalue weighted by Crippen LogP contribution is -2.59. The van der Waals surface area contributed by atoms with Crippen molar-refractivity contribution in [1.82, 2.24) is 24.6 Å². The number of aryl methyl sites for hydroxylation is 2. The molecule has 3 aliphatic rings. The van der Waals surface area contributed by atoms with E-state index in [0.717, 1.165) is 58.3 Å². The first kappa shape index (κ1) is 21.0. The topological polar surface area (TPSA) is 74.2 Å². The van der Waals surface area contributed by atoms with E-state index in [-0.39, 0.29) is 23.8 Å². The molecule has 178 valence electrons. The molecule has 8 heteroatoms. The normalized spacial score (nSPS) is 23.4. The molecule has 2 aliphatic heterocycles. The Morgan fingerprint density at radius 2 is 2.00 bits per heavy atom. The third kappa shape index (κ3) is 3.14. The minimum Gasteiger partial charge on any atom is -0.357 e. The van der Waals surface area contributed by atoms with E-state index in [1.54, 1.807) is 6.20 Å². The van der Waals surface area contributed by atoms with E-state index in [1.165, 1.54) is 5.56 Å². The van der Waals surface area contributed by atoms with Crippen LogP contribution in [0.25, 0.3) is 21.8 Å². The molecule has 0 radical (unpaired) electrons. The summed E-state index contributed by atoms with van der Waals surface area (Å²) in [5.41, 5.74) is 5.02. The average molecular weight is 488 g/mol. The molecule has 1 aliphatic carbocycles. The van der Waals surface area contributed by atoms with Gasteiger partial charge in [0.25, 0.3) is 5.91 Å². The van der Waals surface area contributed by atoms with Gasteiger partial charge in [-0.3, -0.25) is 14.3 Å². The maximum atomic E-state index is 13.7. The van der Waals surface area contributed by atoms with Gasteiger partial charge in [-0.15, -0.1) is 0 Å². The lowest BCUT2D eigenvalue weighted by molar-refractivity contribution is -0.143. The van der Waals surface area contributed by atoms with E-state index in [9.17, 15) is 9.59 Å². The number of fused-ring (bicyclic) bond motifs is 5. The Hall–Kier alpha value is -3.32. The Morgan fingerprint density at radius 3 is 2.89 bits per heavy atom. The van der Waals surface area contributed by atoms with Gasteiger partial charge in [-0.05, 0) is 61.2 Å². The molecular formula is C27H26ClN5O2. The number of carbonyl (C=O) groups excluding carboxylic acids is 2. The van der Waals surface area contributed by atoms with E-state index >= 15 is 0 Å². The number of nitrogens with one attached hydrogen (secondary N) is 1. The summed E-state index contributed by atoms with van der Waals surface area (Å²) in [5.74, 6) is 0.430. The highest BCUT2D eigenvalue weighted by atomic mass is 35.5. The van der Waals surface area contributed by atoms with Crippen molar-refractivity contribution in [2.75, 3.05) is 19.6 Å². The molecule has 2 fully saturated rings. The van der Waals surface area contributed by atoms with Gasteiger partial charge in [-0.1, -0.05) is 11.6 Å². The molecule has 0 bridgehead atoms.